The zero-order valence-electron chi connectivity index (χ0n) is 12.8. The lowest BCUT2D eigenvalue weighted by atomic mass is 10.1. The Morgan fingerprint density at radius 1 is 1.29 bits per heavy atom. The third-order valence-electron chi connectivity index (χ3n) is 3.61. The molecule has 3 heteroatoms. The van der Waals surface area contributed by atoms with E-state index in [9.17, 15) is 0 Å². The lowest BCUT2D eigenvalue weighted by Gasteiger charge is -2.28. The molecule has 110 valence electrons. The van der Waals surface area contributed by atoms with Gasteiger partial charge in [0, 0.05) is 29.2 Å². The molecule has 0 radical (unpaired) electrons. The third kappa shape index (κ3) is 3.40. The lowest BCUT2D eigenvalue weighted by molar-refractivity contribution is 0.568. The smallest absolute Gasteiger partial charge is 0.0542 e. The van der Waals surface area contributed by atoms with E-state index in [0.717, 1.165) is 27.7 Å². The molecule has 2 nitrogen and oxygen atoms in total. The fraction of sp³-hybridized carbons (Fsp3) is 0.222. The average molecular weight is 301 g/mol. The molecule has 1 aromatic rings. The third-order valence-corrected chi connectivity index (χ3v) is 3.96. The first-order valence-electron chi connectivity index (χ1n) is 7.02. The summed E-state index contributed by atoms with van der Waals surface area (Å²) in [4.78, 5) is 2.07. The molecule has 0 aromatic heterocycles. The molecule has 1 aliphatic rings. The highest BCUT2D eigenvalue weighted by atomic mass is 35.5. The molecular formula is C18H21ClN2. The molecule has 0 spiro atoms. The quantitative estimate of drug-likeness (QED) is 0.852. The summed E-state index contributed by atoms with van der Waals surface area (Å²) in [6.45, 7) is 10.9. The summed E-state index contributed by atoms with van der Waals surface area (Å²) in [7, 11) is 0. The van der Waals surface area contributed by atoms with Crippen LogP contribution in [0.1, 0.15) is 25.0 Å². The van der Waals surface area contributed by atoms with Crippen molar-refractivity contribution in [3.63, 3.8) is 0 Å². The van der Waals surface area contributed by atoms with E-state index in [1.54, 1.807) is 0 Å². The minimum atomic E-state index is 0.707. The molecule has 1 aliphatic heterocycles. The highest BCUT2D eigenvalue weighted by molar-refractivity contribution is 6.31. The summed E-state index contributed by atoms with van der Waals surface area (Å²) in [6, 6.07) is 5.98. The molecule has 0 unspecified atom stereocenters. The van der Waals surface area contributed by atoms with Gasteiger partial charge in [0.15, 0.2) is 0 Å². The van der Waals surface area contributed by atoms with Crippen molar-refractivity contribution in [3.8, 4) is 0 Å². The molecule has 21 heavy (non-hydrogen) atoms. The molecule has 0 aliphatic carbocycles. The molecule has 0 fully saturated rings. The van der Waals surface area contributed by atoms with Crippen LogP contribution in [0, 0.1) is 6.92 Å². The van der Waals surface area contributed by atoms with Gasteiger partial charge < -0.3 is 10.2 Å². The first-order chi connectivity index (χ1) is 10.0. The summed E-state index contributed by atoms with van der Waals surface area (Å²) in [5.41, 5.74) is 5.51. The Morgan fingerprint density at radius 3 is 2.71 bits per heavy atom. The van der Waals surface area contributed by atoms with Gasteiger partial charge in [0.1, 0.15) is 0 Å². The second kappa shape index (κ2) is 6.68. The molecule has 0 saturated heterocycles. The fourth-order valence-electron chi connectivity index (χ4n) is 2.34. The Bertz CT molecular complexity index is 618. The van der Waals surface area contributed by atoms with Crippen LogP contribution in [0.3, 0.4) is 0 Å². The topological polar surface area (TPSA) is 15.3 Å². The van der Waals surface area contributed by atoms with Crippen LogP contribution < -0.4 is 5.32 Å². The second-order valence-corrected chi connectivity index (χ2v) is 5.47. The van der Waals surface area contributed by atoms with Crippen LogP contribution in [0.2, 0.25) is 5.02 Å². The van der Waals surface area contributed by atoms with Gasteiger partial charge in [0.25, 0.3) is 0 Å². The lowest BCUT2D eigenvalue weighted by Crippen LogP contribution is -2.23. The molecule has 0 atom stereocenters. The van der Waals surface area contributed by atoms with Crippen molar-refractivity contribution in [1.29, 1.82) is 0 Å². The van der Waals surface area contributed by atoms with Gasteiger partial charge in [-0.3, -0.25) is 0 Å². The van der Waals surface area contributed by atoms with E-state index in [4.69, 9.17) is 11.6 Å². The second-order valence-electron chi connectivity index (χ2n) is 5.07. The summed E-state index contributed by atoms with van der Waals surface area (Å²) < 4.78 is 0. The number of hydrogen-bond acceptors (Lipinski definition) is 2. The SMILES string of the molecule is C=C1C=CC(NCc2c(C)cccc2Cl)=C(C)N1/C=C\C. The largest absolute Gasteiger partial charge is 0.379 e. The number of allylic oxidation sites excluding steroid dienone is 4. The number of hydrogen-bond donors (Lipinski definition) is 1. The van der Waals surface area contributed by atoms with Gasteiger partial charge in [-0.15, -0.1) is 0 Å². The van der Waals surface area contributed by atoms with Gasteiger partial charge >= 0.3 is 0 Å². The van der Waals surface area contributed by atoms with Crippen LogP contribution in [0.4, 0.5) is 0 Å². The predicted molar refractivity (Wildman–Crippen MR) is 90.7 cm³/mol. The number of nitrogens with zero attached hydrogens (tertiary/aromatic N) is 1. The van der Waals surface area contributed by atoms with Crippen molar-refractivity contribution in [2.45, 2.75) is 27.3 Å². The Labute approximate surface area is 132 Å². The summed E-state index contributed by atoms with van der Waals surface area (Å²) in [6.07, 6.45) is 8.09. The Morgan fingerprint density at radius 2 is 2.05 bits per heavy atom. The van der Waals surface area contributed by atoms with E-state index in [2.05, 4.69) is 42.8 Å². The Hall–Kier alpha value is -1.93. The summed E-state index contributed by atoms with van der Waals surface area (Å²) in [5.74, 6) is 0. The van der Waals surface area contributed by atoms with Crippen molar-refractivity contribution in [2.24, 2.45) is 0 Å². The van der Waals surface area contributed by atoms with Gasteiger partial charge in [0.05, 0.1) is 5.70 Å². The van der Waals surface area contributed by atoms with Crippen LogP contribution in [0.15, 0.2) is 66.3 Å². The minimum absolute atomic E-state index is 0.707. The van der Waals surface area contributed by atoms with Gasteiger partial charge in [-0.05, 0) is 50.1 Å². The molecule has 0 saturated carbocycles. The average Bonchev–Trinajstić information content (AvgIpc) is 2.45. The standard InChI is InChI=1S/C18H21ClN2/c1-5-11-21-14(3)9-10-18(15(21)4)20-12-16-13(2)7-6-8-17(16)19/h5-11,20H,3,12H2,1-2,4H3/b11-5-. The van der Waals surface area contributed by atoms with Gasteiger partial charge in [0.2, 0.25) is 0 Å². The van der Waals surface area contributed by atoms with Crippen molar-refractivity contribution >= 4 is 11.6 Å². The first-order valence-corrected chi connectivity index (χ1v) is 7.40. The van der Waals surface area contributed by atoms with E-state index in [-0.39, 0.29) is 0 Å². The van der Waals surface area contributed by atoms with Crippen LogP contribution in [-0.4, -0.2) is 4.90 Å². The van der Waals surface area contributed by atoms with Gasteiger partial charge in [-0.25, -0.2) is 0 Å². The van der Waals surface area contributed by atoms with E-state index in [1.807, 2.05) is 37.4 Å². The number of nitrogens with one attached hydrogen (secondary N) is 1. The molecular weight excluding hydrogens is 280 g/mol. The van der Waals surface area contributed by atoms with E-state index < -0.39 is 0 Å². The highest BCUT2D eigenvalue weighted by Crippen LogP contribution is 2.24. The molecule has 1 N–H and O–H groups in total. The maximum atomic E-state index is 6.28. The van der Waals surface area contributed by atoms with Crippen LogP contribution in [0.5, 0.6) is 0 Å². The fourth-order valence-corrected chi connectivity index (χ4v) is 2.63. The number of halogens is 1. The van der Waals surface area contributed by atoms with Crippen LogP contribution >= 0.6 is 11.6 Å². The van der Waals surface area contributed by atoms with E-state index >= 15 is 0 Å². The number of rotatable bonds is 4. The monoisotopic (exact) mass is 300 g/mol. The molecule has 1 heterocycles. The normalized spacial score (nSPS) is 15.2. The van der Waals surface area contributed by atoms with Crippen molar-refractivity contribution in [1.82, 2.24) is 10.2 Å². The number of aryl methyl sites for hydroxylation is 1. The molecule has 2 rings (SSSR count). The molecule has 0 amide bonds. The summed E-state index contributed by atoms with van der Waals surface area (Å²) >= 11 is 6.28. The Kier molecular flexibility index (Phi) is 4.92. The maximum absolute atomic E-state index is 6.28. The predicted octanol–water partition coefficient (Wildman–Crippen LogP) is 4.89. The first kappa shape index (κ1) is 15.5. The summed E-state index contributed by atoms with van der Waals surface area (Å²) in [5, 5.41) is 4.27. The Balaban J connectivity index is 2.19. The molecule has 0 bridgehead atoms. The highest BCUT2D eigenvalue weighted by Gasteiger charge is 2.14. The van der Waals surface area contributed by atoms with E-state index in [0.29, 0.717) is 6.54 Å². The zero-order chi connectivity index (χ0) is 15.4. The zero-order valence-corrected chi connectivity index (χ0v) is 13.5. The van der Waals surface area contributed by atoms with Gasteiger partial charge in [-0.1, -0.05) is 36.4 Å². The van der Waals surface area contributed by atoms with Gasteiger partial charge in [-0.2, -0.15) is 0 Å². The van der Waals surface area contributed by atoms with Crippen molar-refractivity contribution in [3.05, 3.63) is 82.4 Å². The van der Waals surface area contributed by atoms with Crippen LogP contribution in [0.25, 0.3) is 0 Å². The maximum Gasteiger partial charge on any atom is 0.0542 e. The number of benzene rings is 1. The van der Waals surface area contributed by atoms with Crippen molar-refractivity contribution in [2.75, 3.05) is 0 Å². The van der Waals surface area contributed by atoms with E-state index in [1.165, 1.54) is 5.56 Å². The van der Waals surface area contributed by atoms with Crippen LogP contribution in [-0.2, 0) is 6.54 Å². The van der Waals surface area contributed by atoms with Crippen molar-refractivity contribution < 1.29 is 0 Å². The minimum Gasteiger partial charge on any atom is -0.379 e. The molecule has 1 aromatic carbocycles.